The number of aromatic nitrogens is 5. The standard InChI is InChI=1S/C26H32BrN5O2Si/c1-35(2,3)15-14-33-18-31-23(17-29-26(31)19-9-11-28-12-10-19)25-21-16-20(27)7-8-22(21)32(30-25)24-6-4-5-13-34-24/h7-12,16-17,24H,4-6,13-15,18H2,1-3H3. The zero-order valence-electron chi connectivity index (χ0n) is 20.6. The molecule has 184 valence electrons. The number of hydrogen-bond acceptors (Lipinski definition) is 5. The molecule has 9 heteroatoms. The SMILES string of the molecule is C[Si](C)(C)CCOCn1c(-c2nn(C3CCCCO3)c3ccc(Br)cc23)cnc1-c1ccncc1. The van der Waals surface area contributed by atoms with Gasteiger partial charge in [-0.05, 0) is 55.6 Å². The molecule has 0 N–H and O–H groups in total. The van der Waals surface area contributed by atoms with Gasteiger partial charge < -0.3 is 9.47 Å². The van der Waals surface area contributed by atoms with Gasteiger partial charge in [0.1, 0.15) is 18.2 Å². The average molecular weight is 555 g/mol. The molecule has 0 saturated carbocycles. The third-order valence-electron chi connectivity index (χ3n) is 6.35. The van der Waals surface area contributed by atoms with E-state index in [-0.39, 0.29) is 6.23 Å². The van der Waals surface area contributed by atoms with E-state index in [0.717, 1.165) is 76.7 Å². The van der Waals surface area contributed by atoms with Crippen molar-refractivity contribution in [2.75, 3.05) is 13.2 Å². The lowest BCUT2D eigenvalue weighted by molar-refractivity contribution is -0.0365. The van der Waals surface area contributed by atoms with Crippen LogP contribution in [0.15, 0.2) is 53.4 Å². The normalized spacial score (nSPS) is 16.7. The summed E-state index contributed by atoms with van der Waals surface area (Å²) in [4.78, 5) is 8.99. The summed E-state index contributed by atoms with van der Waals surface area (Å²) in [6.07, 6.45) is 8.66. The van der Waals surface area contributed by atoms with Crippen LogP contribution in [-0.2, 0) is 16.2 Å². The summed E-state index contributed by atoms with van der Waals surface area (Å²) in [6, 6.07) is 11.4. The fraction of sp³-hybridized carbons (Fsp3) is 0.423. The maximum atomic E-state index is 6.21. The third-order valence-corrected chi connectivity index (χ3v) is 8.55. The topological polar surface area (TPSA) is 67.0 Å². The number of rotatable bonds is 8. The van der Waals surface area contributed by atoms with Crippen molar-refractivity contribution in [1.29, 1.82) is 0 Å². The second kappa shape index (κ2) is 10.3. The quantitative estimate of drug-likeness (QED) is 0.178. The Morgan fingerprint density at radius 1 is 1.14 bits per heavy atom. The maximum Gasteiger partial charge on any atom is 0.150 e. The predicted octanol–water partition coefficient (Wildman–Crippen LogP) is 6.74. The van der Waals surface area contributed by atoms with Gasteiger partial charge in [-0.3, -0.25) is 9.55 Å². The molecule has 0 aliphatic carbocycles. The van der Waals surface area contributed by atoms with Gasteiger partial charge >= 0.3 is 0 Å². The van der Waals surface area contributed by atoms with Crippen LogP contribution in [0.2, 0.25) is 25.7 Å². The van der Waals surface area contributed by atoms with Gasteiger partial charge in [-0.2, -0.15) is 5.10 Å². The highest BCUT2D eigenvalue weighted by Gasteiger charge is 2.24. The second-order valence-electron chi connectivity index (χ2n) is 10.3. The molecular formula is C26H32BrN5O2Si. The van der Waals surface area contributed by atoms with Crippen LogP contribution in [-0.4, -0.2) is 45.6 Å². The molecule has 1 aromatic carbocycles. The summed E-state index contributed by atoms with van der Waals surface area (Å²) in [5.74, 6) is 0.849. The van der Waals surface area contributed by atoms with Crippen LogP contribution in [0.1, 0.15) is 25.5 Å². The Morgan fingerprint density at radius 3 is 2.71 bits per heavy atom. The van der Waals surface area contributed by atoms with Crippen molar-refractivity contribution in [2.24, 2.45) is 0 Å². The van der Waals surface area contributed by atoms with Crippen LogP contribution >= 0.6 is 15.9 Å². The highest BCUT2D eigenvalue weighted by molar-refractivity contribution is 9.10. The summed E-state index contributed by atoms with van der Waals surface area (Å²) >= 11 is 3.66. The lowest BCUT2D eigenvalue weighted by Crippen LogP contribution is -2.22. The molecular weight excluding hydrogens is 522 g/mol. The zero-order valence-corrected chi connectivity index (χ0v) is 23.2. The molecule has 1 aliphatic heterocycles. The molecule has 5 rings (SSSR count). The fourth-order valence-corrected chi connectivity index (χ4v) is 5.52. The predicted molar refractivity (Wildman–Crippen MR) is 145 cm³/mol. The summed E-state index contributed by atoms with van der Waals surface area (Å²) in [7, 11) is -1.19. The maximum absolute atomic E-state index is 6.21. The second-order valence-corrected chi connectivity index (χ2v) is 16.8. The molecule has 1 unspecified atom stereocenters. The summed E-state index contributed by atoms with van der Waals surface area (Å²) in [5, 5.41) is 6.18. The van der Waals surface area contributed by atoms with Gasteiger partial charge in [0.05, 0.1) is 17.4 Å². The van der Waals surface area contributed by atoms with Gasteiger partial charge in [-0.25, -0.2) is 9.67 Å². The molecule has 1 aliphatic rings. The first-order chi connectivity index (χ1) is 16.9. The minimum Gasteiger partial charge on any atom is -0.361 e. The molecule has 0 spiro atoms. The van der Waals surface area contributed by atoms with E-state index in [0.29, 0.717) is 6.73 Å². The van der Waals surface area contributed by atoms with Gasteiger partial charge in [-0.1, -0.05) is 35.6 Å². The van der Waals surface area contributed by atoms with Crippen molar-refractivity contribution < 1.29 is 9.47 Å². The minimum absolute atomic E-state index is 0.0507. The van der Waals surface area contributed by atoms with Crippen molar-refractivity contribution >= 4 is 34.9 Å². The molecule has 1 atom stereocenters. The summed E-state index contributed by atoms with van der Waals surface area (Å²) < 4.78 is 17.5. The number of halogens is 1. The number of benzene rings is 1. The minimum atomic E-state index is -1.19. The number of hydrogen-bond donors (Lipinski definition) is 0. The molecule has 4 aromatic rings. The monoisotopic (exact) mass is 553 g/mol. The van der Waals surface area contributed by atoms with Gasteiger partial charge in [0.2, 0.25) is 0 Å². The number of imidazole rings is 1. The van der Waals surface area contributed by atoms with Gasteiger partial charge in [-0.15, -0.1) is 0 Å². The molecule has 3 aromatic heterocycles. The van der Waals surface area contributed by atoms with Crippen molar-refractivity contribution in [3.8, 4) is 22.8 Å². The number of ether oxygens (including phenoxy) is 2. The lowest BCUT2D eigenvalue weighted by atomic mass is 10.1. The molecule has 0 radical (unpaired) electrons. The van der Waals surface area contributed by atoms with Crippen LogP contribution in [0.5, 0.6) is 0 Å². The summed E-state index contributed by atoms with van der Waals surface area (Å²) in [5.41, 5.74) is 3.88. The molecule has 0 bridgehead atoms. The van der Waals surface area contributed by atoms with Gasteiger partial charge in [0.15, 0.2) is 6.23 Å². The number of pyridine rings is 1. The molecule has 4 heterocycles. The molecule has 1 saturated heterocycles. The average Bonchev–Trinajstić information content (AvgIpc) is 3.43. The molecule has 35 heavy (non-hydrogen) atoms. The first-order valence-electron chi connectivity index (χ1n) is 12.2. The zero-order chi connectivity index (χ0) is 24.4. The van der Waals surface area contributed by atoms with Crippen LogP contribution in [0.4, 0.5) is 0 Å². The van der Waals surface area contributed by atoms with Crippen LogP contribution in [0.3, 0.4) is 0 Å². The van der Waals surface area contributed by atoms with Crippen molar-refractivity contribution in [1.82, 2.24) is 24.3 Å². The van der Waals surface area contributed by atoms with Crippen molar-refractivity contribution in [2.45, 2.75) is 57.9 Å². The molecule has 0 amide bonds. The fourth-order valence-electron chi connectivity index (χ4n) is 4.40. The van der Waals surface area contributed by atoms with Crippen molar-refractivity contribution in [3.05, 3.63) is 53.4 Å². The van der Waals surface area contributed by atoms with E-state index in [1.807, 2.05) is 23.0 Å². The van der Waals surface area contributed by atoms with Gasteiger partial charge in [0, 0.05) is 49.1 Å². The Balaban J connectivity index is 1.59. The first-order valence-corrected chi connectivity index (χ1v) is 16.7. The van der Waals surface area contributed by atoms with E-state index in [2.05, 4.69) is 63.3 Å². The van der Waals surface area contributed by atoms with E-state index >= 15 is 0 Å². The Morgan fingerprint density at radius 2 is 1.97 bits per heavy atom. The number of nitrogens with zero attached hydrogens (tertiary/aromatic N) is 5. The van der Waals surface area contributed by atoms with Crippen LogP contribution in [0.25, 0.3) is 33.7 Å². The van der Waals surface area contributed by atoms with E-state index in [1.165, 1.54) is 0 Å². The highest BCUT2D eigenvalue weighted by atomic mass is 79.9. The Labute approximate surface area is 215 Å². The highest BCUT2D eigenvalue weighted by Crippen LogP contribution is 2.36. The van der Waals surface area contributed by atoms with Gasteiger partial charge in [0.25, 0.3) is 0 Å². The summed E-state index contributed by atoms with van der Waals surface area (Å²) in [6.45, 7) is 9.02. The largest absolute Gasteiger partial charge is 0.361 e. The Bertz CT molecular complexity index is 1290. The first kappa shape index (κ1) is 24.4. The third kappa shape index (κ3) is 5.43. The van der Waals surface area contributed by atoms with E-state index in [4.69, 9.17) is 19.6 Å². The lowest BCUT2D eigenvalue weighted by Gasteiger charge is -2.23. The van der Waals surface area contributed by atoms with Crippen LogP contribution in [0, 0.1) is 0 Å². The Hall–Kier alpha value is -2.33. The Kier molecular flexibility index (Phi) is 7.20. The van der Waals surface area contributed by atoms with Crippen LogP contribution < -0.4 is 0 Å². The molecule has 7 nitrogen and oxygen atoms in total. The number of fused-ring (bicyclic) bond motifs is 1. The smallest absolute Gasteiger partial charge is 0.150 e. The van der Waals surface area contributed by atoms with E-state index < -0.39 is 8.07 Å². The van der Waals surface area contributed by atoms with Crippen molar-refractivity contribution in [3.63, 3.8) is 0 Å². The molecule has 1 fully saturated rings. The van der Waals surface area contributed by atoms with E-state index in [9.17, 15) is 0 Å². The van der Waals surface area contributed by atoms with E-state index in [1.54, 1.807) is 12.4 Å².